The number of nitrogens with one attached hydrogen (secondary N) is 2. The fraction of sp³-hybridized carbons (Fsp3) is 0.474. The summed E-state index contributed by atoms with van der Waals surface area (Å²) in [5.41, 5.74) is 5.86. The second kappa shape index (κ2) is 9.77. The second-order valence-electron chi connectivity index (χ2n) is 7.36. The molecule has 0 atom stereocenters. The highest BCUT2D eigenvalue weighted by atomic mass is 19.4. The molecular weight excluding hydrogens is 417 g/mol. The van der Waals surface area contributed by atoms with Gasteiger partial charge in [-0.15, -0.1) is 13.2 Å². The molecule has 1 aliphatic rings. The molecule has 1 fully saturated rings. The summed E-state index contributed by atoms with van der Waals surface area (Å²) in [6, 6.07) is 5.86. The Bertz CT molecular complexity index is 904. The zero-order chi connectivity index (χ0) is 22.4. The Morgan fingerprint density at radius 3 is 2.58 bits per heavy atom. The fourth-order valence-corrected chi connectivity index (χ4v) is 3.41. The predicted octanol–water partition coefficient (Wildman–Crippen LogP) is 3.82. The van der Waals surface area contributed by atoms with Crippen molar-refractivity contribution in [2.24, 2.45) is 11.7 Å². The second-order valence-corrected chi connectivity index (χ2v) is 7.36. The van der Waals surface area contributed by atoms with Crippen LogP contribution < -0.4 is 21.1 Å². The van der Waals surface area contributed by atoms with E-state index in [2.05, 4.69) is 25.3 Å². The zero-order valence-corrected chi connectivity index (χ0v) is 16.6. The van der Waals surface area contributed by atoms with Crippen molar-refractivity contribution >= 4 is 17.5 Å². The molecule has 12 heteroatoms. The van der Waals surface area contributed by atoms with Crippen LogP contribution >= 0.6 is 0 Å². The molecule has 168 valence electrons. The highest BCUT2D eigenvalue weighted by Crippen LogP contribution is 2.28. The molecule has 0 radical (unpaired) electrons. The average Bonchev–Trinajstić information content (AvgIpc) is 2.71. The van der Waals surface area contributed by atoms with Crippen LogP contribution in [0.3, 0.4) is 0 Å². The van der Waals surface area contributed by atoms with E-state index in [0.29, 0.717) is 12.5 Å². The number of nitro groups is 1. The fourth-order valence-electron chi connectivity index (χ4n) is 3.41. The summed E-state index contributed by atoms with van der Waals surface area (Å²) in [7, 11) is 0. The van der Waals surface area contributed by atoms with Crippen LogP contribution in [-0.4, -0.2) is 33.8 Å². The van der Waals surface area contributed by atoms with Crippen molar-refractivity contribution in [1.29, 1.82) is 0 Å². The Hall–Kier alpha value is -3.15. The Morgan fingerprint density at radius 1 is 1.19 bits per heavy atom. The molecule has 0 amide bonds. The molecule has 1 aromatic carbocycles. The van der Waals surface area contributed by atoms with E-state index in [4.69, 9.17) is 5.73 Å². The van der Waals surface area contributed by atoms with Gasteiger partial charge in [0.2, 0.25) is 11.8 Å². The summed E-state index contributed by atoms with van der Waals surface area (Å²) in [5.74, 6) is 0.0771. The van der Waals surface area contributed by atoms with E-state index in [0.717, 1.165) is 31.9 Å². The summed E-state index contributed by atoms with van der Waals surface area (Å²) in [6.45, 7) is 0.441. The van der Waals surface area contributed by atoms with Gasteiger partial charge < -0.3 is 21.1 Å². The highest BCUT2D eigenvalue weighted by Gasteiger charge is 2.32. The van der Waals surface area contributed by atoms with Gasteiger partial charge in [-0.1, -0.05) is 18.2 Å². The minimum absolute atomic E-state index is 0.0422. The summed E-state index contributed by atoms with van der Waals surface area (Å²) >= 11 is 0. The lowest BCUT2D eigenvalue weighted by Gasteiger charge is -2.26. The minimum atomic E-state index is -4.82. The van der Waals surface area contributed by atoms with Crippen LogP contribution in [-0.2, 0) is 6.54 Å². The first-order valence-corrected chi connectivity index (χ1v) is 9.79. The lowest BCUT2D eigenvalue weighted by atomic mass is 9.86. The highest BCUT2D eigenvalue weighted by molar-refractivity contribution is 5.57. The maximum Gasteiger partial charge on any atom is 0.573 e. The van der Waals surface area contributed by atoms with E-state index < -0.39 is 11.3 Å². The molecule has 31 heavy (non-hydrogen) atoms. The number of benzene rings is 1. The Morgan fingerprint density at radius 2 is 1.90 bits per heavy atom. The molecule has 0 saturated heterocycles. The molecule has 9 nitrogen and oxygen atoms in total. The van der Waals surface area contributed by atoms with Crippen molar-refractivity contribution in [1.82, 2.24) is 9.97 Å². The van der Waals surface area contributed by atoms with E-state index in [-0.39, 0.29) is 41.4 Å². The minimum Gasteiger partial charge on any atom is -0.405 e. The molecule has 2 aromatic rings. The smallest absolute Gasteiger partial charge is 0.405 e. The van der Waals surface area contributed by atoms with Crippen molar-refractivity contribution < 1.29 is 22.8 Å². The van der Waals surface area contributed by atoms with Gasteiger partial charge in [-0.3, -0.25) is 10.1 Å². The number of para-hydroxylation sites is 1. The molecule has 1 saturated carbocycles. The summed E-state index contributed by atoms with van der Waals surface area (Å²) in [6.07, 6.45) is -0.0935. The molecule has 0 unspecified atom stereocenters. The number of nitrogens with zero attached hydrogens (tertiary/aromatic N) is 3. The van der Waals surface area contributed by atoms with Gasteiger partial charge >= 0.3 is 12.0 Å². The SMILES string of the molecule is N[C@H]1CC[C@@H](CNc2nc(NCc3ccccc3OC(F)(F)F)ncc2[N+](=O)[O-])CC1. The van der Waals surface area contributed by atoms with Crippen LogP contribution in [0.5, 0.6) is 5.75 Å². The molecule has 0 bridgehead atoms. The van der Waals surface area contributed by atoms with Crippen LogP contribution in [0.2, 0.25) is 0 Å². The monoisotopic (exact) mass is 440 g/mol. The summed E-state index contributed by atoms with van der Waals surface area (Å²) in [4.78, 5) is 18.8. The quantitative estimate of drug-likeness (QED) is 0.417. The van der Waals surface area contributed by atoms with E-state index in [9.17, 15) is 23.3 Å². The largest absolute Gasteiger partial charge is 0.573 e. The standard InChI is InChI=1S/C19H23F3N6O3/c20-19(21,22)31-16-4-2-1-3-13(16)10-25-18-26-11-15(28(29)30)17(27-18)24-9-12-5-7-14(23)8-6-12/h1-4,11-12,14H,5-10,23H2,(H2,24,25,26,27)/t12-,14+. The zero-order valence-electron chi connectivity index (χ0n) is 16.6. The number of ether oxygens (including phenoxy) is 1. The third kappa shape index (κ3) is 6.67. The first-order chi connectivity index (χ1) is 14.7. The molecule has 0 spiro atoms. The Balaban J connectivity index is 1.68. The summed E-state index contributed by atoms with van der Waals surface area (Å²) < 4.78 is 41.7. The van der Waals surface area contributed by atoms with Gasteiger partial charge in [0.15, 0.2) is 0 Å². The molecule has 1 aliphatic carbocycles. The number of rotatable bonds is 8. The van der Waals surface area contributed by atoms with Crippen LogP contribution in [0.25, 0.3) is 0 Å². The number of hydrogen-bond acceptors (Lipinski definition) is 8. The average molecular weight is 440 g/mol. The van der Waals surface area contributed by atoms with E-state index in [1.165, 1.54) is 18.2 Å². The van der Waals surface area contributed by atoms with Gasteiger partial charge in [-0.25, -0.2) is 4.98 Å². The van der Waals surface area contributed by atoms with Crippen LogP contribution in [0, 0.1) is 16.0 Å². The van der Waals surface area contributed by atoms with E-state index in [1.54, 1.807) is 6.07 Å². The predicted molar refractivity (Wildman–Crippen MR) is 108 cm³/mol. The van der Waals surface area contributed by atoms with Gasteiger partial charge in [0, 0.05) is 24.7 Å². The molecule has 0 aliphatic heterocycles. The van der Waals surface area contributed by atoms with Gasteiger partial charge in [-0.2, -0.15) is 4.98 Å². The normalized spacial score (nSPS) is 19.0. The van der Waals surface area contributed by atoms with Gasteiger partial charge in [-0.05, 0) is 37.7 Å². The molecule has 1 aromatic heterocycles. The molecule has 1 heterocycles. The first kappa shape index (κ1) is 22.5. The van der Waals surface area contributed by atoms with Gasteiger partial charge in [0.25, 0.3) is 0 Å². The number of anilines is 2. The maximum atomic E-state index is 12.6. The van der Waals surface area contributed by atoms with Crippen LogP contribution in [0.1, 0.15) is 31.2 Å². The van der Waals surface area contributed by atoms with Crippen LogP contribution in [0.4, 0.5) is 30.6 Å². The van der Waals surface area contributed by atoms with Crippen molar-refractivity contribution in [2.75, 3.05) is 17.2 Å². The lowest BCUT2D eigenvalue weighted by molar-refractivity contribution is -0.384. The summed E-state index contributed by atoms with van der Waals surface area (Å²) in [5, 5.41) is 17.1. The van der Waals surface area contributed by atoms with Crippen LogP contribution in [0.15, 0.2) is 30.5 Å². The van der Waals surface area contributed by atoms with E-state index in [1.807, 2.05) is 0 Å². The van der Waals surface area contributed by atoms with Crippen molar-refractivity contribution in [3.63, 3.8) is 0 Å². The topological polar surface area (TPSA) is 128 Å². The van der Waals surface area contributed by atoms with Gasteiger partial charge in [0.1, 0.15) is 11.9 Å². The Labute approximate surface area is 176 Å². The number of halogens is 3. The Kier molecular flexibility index (Phi) is 7.10. The van der Waals surface area contributed by atoms with E-state index >= 15 is 0 Å². The maximum absolute atomic E-state index is 12.6. The third-order valence-corrected chi connectivity index (χ3v) is 5.05. The van der Waals surface area contributed by atoms with Crippen molar-refractivity contribution in [2.45, 2.75) is 44.6 Å². The van der Waals surface area contributed by atoms with Crippen molar-refractivity contribution in [3.8, 4) is 5.75 Å². The molecule has 3 rings (SSSR count). The third-order valence-electron chi connectivity index (χ3n) is 5.05. The van der Waals surface area contributed by atoms with Gasteiger partial charge in [0.05, 0.1) is 4.92 Å². The molecular formula is C19H23F3N6O3. The van der Waals surface area contributed by atoms with Crippen molar-refractivity contribution in [3.05, 3.63) is 46.1 Å². The molecule has 4 N–H and O–H groups in total. The number of alkyl halides is 3. The number of aromatic nitrogens is 2. The first-order valence-electron chi connectivity index (χ1n) is 9.79. The number of hydrogen-bond donors (Lipinski definition) is 3. The number of nitrogens with two attached hydrogens (primary N) is 1. The lowest BCUT2D eigenvalue weighted by Crippen LogP contribution is -2.29.